The summed E-state index contributed by atoms with van der Waals surface area (Å²) in [7, 11) is 0. The molecule has 148 valence electrons. The first-order valence-electron chi connectivity index (χ1n) is 9.56. The summed E-state index contributed by atoms with van der Waals surface area (Å²) in [5.41, 5.74) is 4.81. The van der Waals surface area contributed by atoms with Crippen LogP contribution in [0.2, 0.25) is 10.0 Å². The summed E-state index contributed by atoms with van der Waals surface area (Å²) in [5, 5.41) is 15.9. The average Bonchev–Trinajstić information content (AvgIpc) is 3.24. The van der Waals surface area contributed by atoms with Gasteiger partial charge in [-0.05, 0) is 29.8 Å². The second-order valence-electron chi connectivity index (χ2n) is 6.93. The zero-order valence-electron chi connectivity index (χ0n) is 16.1. The van der Waals surface area contributed by atoms with Crippen molar-refractivity contribution in [3.63, 3.8) is 0 Å². The van der Waals surface area contributed by atoms with Gasteiger partial charge in [0.25, 0.3) is 0 Å². The highest BCUT2D eigenvalue weighted by atomic mass is 35.5. The molecule has 0 fully saturated rings. The highest BCUT2D eigenvalue weighted by Crippen LogP contribution is 2.36. The van der Waals surface area contributed by atoms with Gasteiger partial charge in [-0.2, -0.15) is 5.26 Å². The third-order valence-corrected chi connectivity index (χ3v) is 5.73. The molecule has 4 nitrogen and oxygen atoms in total. The molecule has 0 atom stereocenters. The third-order valence-electron chi connectivity index (χ3n) is 5.07. The van der Waals surface area contributed by atoms with Crippen LogP contribution in [0.1, 0.15) is 5.56 Å². The first-order chi connectivity index (χ1) is 15.2. The van der Waals surface area contributed by atoms with Gasteiger partial charge < -0.3 is 0 Å². The van der Waals surface area contributed by atoms with Gasteiger partial charge in [-0.1, -0.05) is 83.9 Å². The smallest absolute Gasteiger partial charge is 0.183 e. The van der Waals surface area contributed by atoms with Crippen molar-refractivity contribution >= 4 is 28.8 Å². The number of benzene rings is 3. The molecule has 0 saturated carbocycles. The first kappa shape index (κ1) is 19.3. The molecule has 5 rings (SSSR count). The highest BCUT2D eigenvalue weighted by molar-refractivity contribution is 6.33. The number of hydrogen-bond donors (Lipinski definition) is 0. The minimum absolute atomic E-state index is 0.438. The molecule has 0 N–H and O–H groups in total. The Hall–Kier alpha value is -3.65. The molecule has 2 aromatic heterocycles. The van der Waals surface area contributed by atoms with Gasteiger partial charge >= 0.3 is 0 Å². The van der Waals surface area contributed by atoms with E-state index >= 15 is 0 Å². The van der Waals surface area contributed by atoms with E-state index in [9.17, 15) is 5.26 Å². The molecular weight excluding hydrogens is 427 g/mol. The van der Waals surface area contributed by atoms with Crippen LogP contribution in [-0.4, -0.2) is 14.6 Å². The van der Waals surface area contributed by atoms with Gasteiger partial charge in [0.2, 0.25) is 0 Å². The molecule has 2 heterocycles. The molecule has 6 heteroatoms. The Morgan fingerprint density at radius 2 is 1.35 bits per heavy atom. The Bertz CT molecular complexity index is 1470. The van der Waals surface area contributed by atoms with Crippen molar-refractivity contribution in [1.82, 2.24) is 14.6 Å². The minimum atomic E-state index is 0.438. The lowest BCUT2D eigenvalue weighted by atomic mass is 9.99. The van der Waals surface area contributed by atoms with E-state index in [-0.39, 0.29) is 0 Å². The predicted molar refractivity (Wildman–Crippen MR) is 124 cm³/mol. The largest absolute Gasteiger partial charge is 0.211 e. The minimum Gasteiger partial charge on any atom is -0.211 e. The van der Waals surface area contributed by atoms with E-state index in [1.54, 1.807) is 10.6 Å². The van der Waals surface area contributed by atoms with E-state index in [0.29, 0.717) is 32.6 Å². The summed E-state index contributed by atoms with van der Waals surface area (Å²) in [6.45, 7) is 0. The molecule has 0 spiro atoms. The van der Waals surface area contributed by atoms with Crippen LogP contribution in [0.25, 0.3) is 39.4 Å². The fraction of sp³-hybridized carbons (Fsp3) is 0. The summed E-state index contributed by atoms with van der Waals surface area (Å²) in [5.74, 6) is 0.445. The lowest BCUT2D eigenvalue weighted by molar-refractivity contribution is 0.972. The fourth-order valence-corrected chi connectivity index (χ4v) is 4.06. The summed E-state index contributed by atoms with van der Waals surface area (Å²) in [6, 6.07) is 28.9. The predicted octanol–water partition coefficient (Wildman–Crippen LogP) is 6.91. The van der Waals surface area contributed by atoms with Crippen molar-refractivity contribution < 1.29 is 0 Å². The first-order valence-corrected chi connectivity index (χ1v) is 10.3. The Labute approximate surface area is 188 Å². The Balaban J connectivity index is 1.90. The number of fused-ring (bicyclic) bond motifs is 1. The third kappa shape index (κ3) is 3.34. The lowest BCUT2D eigenvalue weighted by Crippen LogP contribution is -2.00. The molecule has 5 aromatic rings. The molecule has 0 bridgehead atoms. The van der Waals surface area contributed by atoms with E-state index in [1.807, 2.05) is 78.9 Å². The molecule has 0 aliphatic heterocycles. The maximum absolute atomic E-state index is 10.0. The van der Waals surface area contributed by atoms with E-state index in [4.69, 9.17) is 33.3 Å². The zero-order chi connectivity index (χ0) is 21.4. The van der Waals surface area contributed by atoms with Gasteiger partial charge in [0.1, 0.15) is 11.6 Å². The van der Waals surface area contributed by atoms with E-state index in [1.165, 1.54) is 0 Å². The van der Waals surface area contributed by atoms with Gasteiger partial charge in [0.05, 0.1) is 10.7 Å². The van der Waals surface area contributed by atoms with Gasteiger partial charge in [-0.25, -0.2) is 9.50 Å². The van der Waals surface area contributed by atoms with Crippen molar-refractivity contribution in [2.24, 2.45) is 0 Å². The van der Waals surface area contributed by atoms with Gasteiger partial charge in [-0.15, -0.1) is 5.10 Å². The lowest BCUT2D eigenvalue weighted by Gasteiger charge is -2.12. The van der Waals surface area contributed by atoms with Crippen LogP contribution in [0.5, 0.6) is 0 Å². The van der Waals surface area contributed by atoms with Crippen LogP contribution in [0.15, 0.2) is 84.9 Å². The Kier molecular flexibility index (Phi) is 4.91. The maximum Gasteiger partial charge on any atom is 0.183 e. The topological polar surface area (TPSA) is 54.0 Å². The van der Waals surface area contributed by atoms with Crippen LogP contribution in [0.3, 0.4) is 0 Å². The quantitative estimate of drug-likeness (QED) is 0.306. The summed E-state index contributed by atoms with van der Waals surface area (Å²) < 4.78 is 1.67. The summed E-state index contributed by atoms with van der Waals surface area (Å²) in [4.78, 5) is 4.72. The number of rotatable bonds is 3. The number of halogens is 2. The van der Waals surface area contributed by atoms with Crippen molar-refractivity contribution in [2.45, 2.75) is 0 Å². The van der Waals surface area contributed by atoms with Gasteiger partial charge in [-0.3, -0.25) is 0 Å². The number of aromatic nitrogens is 3. The maximum atomic E-state index is 10.0. The van der Waals surface area contributed by atoms with Crippen molar-refractivity contribution in [3.05, 3.63) is 101 Å². The molecule has 0 aliphatic carbocycles. The van der Waals surface area contributed by atoms with Crippen LogP contribution in [0, 0.1) is 11.3 Å². The number of hydrogen-bond acceptors (Lipinski definition) is 3. The molecule has 31 heavy (non-hydrogen) atoms. The molecule has 0 unspecified atom stereocenters. The number of nitriles is 1. The SMILES string of the molecule is N#Cc1c(-c2ccccc2)cc(-c2ccccc2Cl)n2nc(-c3ccccc3Cl)nc12. The van der Waals surface area contributed by atoms with E-state index < -0.39 is 0 Å². The van der Waals surface area contributed by atoms with Crippen LogP contribution < -0.4 is 0 Å². The molecule has 3 aromatic carbocycles. The van der Waals surface area contributed by atoms with Crippen LogP contribution in [0.4, 0.5) is 0 Å². The summed E-state index contributed by atoms with van der Waals surface area (Å²) >= 11 is 12.9. The molecule has 0 saturated heterocycles. The molecular formula is C25H14Cl2N4. The van der Waals surface area contributed by atoms with Crippen LogP contribution >= 0.6 is 23.2 Å². The molecule has 0 amide bonds. The Morgan fingerprint density at radius 1 is 0.742 bits per heavy atom. The molecule has 0 radical (unpaired) electrons. The van der Waals surface area contributed by atoms with Crippen molar-refractivity contribution in [1.29, 1.82) is 5.26 Å². The van der Waals surface area contributed by atoms with Crippen LogP contribution in [-0.2, 0) is 0 Å². The molecule has 0 aliphatic rings. The van der Waals surface area contributed by atoms with E-state index in [2.05, 4.69) is 6.07 Å². The highest BCUT2D eigenvalue weighted by Gasteiger charge is 2.21. The zero-order valence-corrected chi connectivity index (χ0v) is 17.6. The second kappa shape index (κ2) is 7.88. The average molecular weight is 441 g/mol. The van der Waals surface area contributed by atoms with Gasteiger partial charge in [0.15, 0.2) is 11.5 Å². The van der Waals surface area contributed by atoms with Crippen molar-refractivity contribution in [3.8, 4) is 39.8 Å². The second-order valence-corrected chi connectivity index (χ2v) is 7.74. The van der Waals surface area contributed by atoms with Gasteiger partial charge in [0, 0.05) is 21.7 Å². The monoisotopic (exact) mass is 440 g/mol. The Morgan fingerprint density at radius 3 is 2.00 bits per heavy atom. The standard InChI is InChI=1S/C25H14Cl2N4/c26-21-12-6-4-10-17(21)23-14-19(16-8-2-1-3-9-16)20(15-28)25-29-24(30-31(23)25)18-11-5-7-13-22(18)27/h1-14H. The van der Waals surface area contributed by atoms with Crippen molar-refractivity contribution in [2.75, 3.05) is 0 Å². The summed E-state index contributed by atoms with van der Waals surface area (Å²) in [6.07, 6.45) is 0. The normalized spacial score (nSPS) is 10.9. The van der Waals surface area contributed by atoms with E-state index in [0.717, 1.165) is 22.4 Å². The number of pyridine rings is 1. The fourth-order valence-electron chi connectivity index (χ4n) is 3.61. The number of nitrogens with zero attached hydrogens (tertiary/aromatic N) is 4.